The lowest BCUT2D eigenvalue weighted by Gasteiger charge is -2.38. The van der Waals surface area contributed by atoms with Crippen molar-refractivity contribution in [2.24, 2.45) is 0 Å². The second-order valence-electron chi connectivity index (χ2n) is 7.70. The first kappa shape index (κ1) is 21.2. The van der Waals surface area contributed by atoms with Crippen molar-refractivity contribution in [2.45, 2.75) is 19.0 Å². The van der Waals surface area contributed by atoms with Gasteiger partial charge in [-0.3, -0.25) is 4.57 Å². The molecule has 1 aliphatic rings. The van der Waals surface area contributed by atoms with Crippen LogP contribution in [0, 0.1) is 6.92 Å². The number of carbonyl (C=O) groups is 1. The summed E-state index contributed by atoms with van der Waals surface area (Å²) in [6.07, 6.45) is 1.07. The topological polar surface area (TPSA) is 49.9 Å². The lowest BCUT2D eigenvalue weighted by Crippen LogP contribution is -2.24. The van der Waals surface area contributed by atoms with Crippen molar-refractivity contribution in [3.8, 4) is 5.75 Å². The molecule has 0 saturated carbocycles. The molecule has 0 aliphatic carbocycles. The average molecular weight is 434 g/mol. The Morgan fingerprint density at radius 2 is 1.45 bits per heavy atom. The summed E-state index contributed by atoms with van der Waals surface area (Å²) in [5.74, 6) is 0.751. The van der Waals surface area contributed by atoms with Gasteiger partial charge in [0.2, 0.25) is 0 Å². The van der Waals surface area contributed by atoms with Gasteiger partial charge < -0.3 is 18.9 Å². The van der Waals surface area contributed by atoms with Crippen LogP contribution in [0.5, 0.6) is 5.75 Å². The van der Waals surface area contributed by atoms with Crippen LogP contribution in [0.3, 0.4) is 0 Å². The van der Waals surface area contributed by atoms with E-state index in [2.05, 4.69) is 0 Å². The molecule has 5 nitrogen and oxygen atoms in total. The molecule has 1 saturated heterocycles. The zero-order chi connectivity index (χ0) is 21.8. The van der Waals surface area contributed by atoms with Gasteiger partial charge in [0.1, 0.15) is 12.0 Å². The highest BCUT2D eigenvalue weighted by Crippen LogP contribution is 2.69. The molecule has 31 heavy (non-hydrogen) atoms. The molecule has 0 radical (unpaired) electrons. The lowest BCUT2D eigenvalue weighted by molar-refractivity contribution is -0.107. The van der Waals surface area contributed by atoms with Crippen molar-refractivity contribution in [2.75, 3.05) is 29.5 Å². The summed E-state index contributed by atoms with van der Waals surface area (Å²) in [5, 5.41) is 0. The van der Waals surface area contributed by atoms with Crippen molar-refractivity contribution < 1.29 is 14.1 Å². The van der Waals surface area contributed by atoms with Crippen molar-refractivity contribution in [1.82, 2.24) is 0 Å². The van der Waals surface area contributed by atoms with E-state index in [4.69, 9.17) is 4.74 Å². The van der Waals surface area contributed by atoms with Crippen molar-refractivity contribution in [1.29, 1.82) is 0 Å². The van der Waals surface area contributed by atoms with Gasteiger partial charge in [-0.2, -0.15) is 0 Å². The van der Waals surface area contributed by atoms with Crippen LogP contribution in [-0.4, -0.2) is 26.5 Å². The first-order valence-electron chi connectivity index (χ1n) is 10.4. The molecular weight excluding hydrogens is 407 g/mol. The minimum absolute atomic E-state index is 0.191. The zero-order valence-corrected chi connectivity index (χ0v) is 18.7. The molecule has 0 aromatic heterocycles. The maximum Gasteiger partial charge on any atom is 0.270 e. The quantitative estimate of drug-likeness (QED) is 0.345. The maximum atomic E-state index is 15.1. The van der Waals surface area contributed by atoms with E-state index in [-0.39, 0.29) is 6.42 Å². The molecule has 1 aliphatic heterocycles. The molecular formula is C25H27N2O3P. The SMILES string of the molecule is COc1ccc(N2CCN(c3ccc(C)cc3)P2(=O)C(CC=O)c2ccccc2)cc1. The van der Waals surface area contributed by atoms with Crippen LogP contribution in [0.4, 0.5) is 11.4 Å². The molecule has 2 atom stereocenters. The van der Waals surface area contributed by atoms with E-state index in [1.807, 2.05) is 95.1 Å². The van der Waals surface area contributed by atoms with Gasteiger partial charge >= 0.3 is 0 Å². The minimum atomic E-state index is -3.23. The molecule has 3 aromatic rings. The number of anilines is 2. The smallest absolute Gasteiger partial charge is 0.270 e. The number of hydrogen-bond acceptors (Lipinski definition) is 3. The Kier molecular flexibility index (Phi) is 6.15. The molecule has 3 aromatic carbocycles. The van der Waals surface area contributed by atoms with Crippen LogP contribution < -0.4 is 14.1 Å². The van der Waals surface area contributed by atoms with E-state index < -0.39 is 13.1 Å². The highest BCUT2D eigenvalue weighted by molar-refractivity contribution is 7.68. The number of ether oxygens (including phenoxy) is 1. The number of hydrogen-bond donors (Lipinski definition) is 0. The molecule has 0 spiro atoms. The number of aryl methyl sites for hydroxylation is 1. The van der Waals surface area contributed by atoms with Crippen LogP contribution in [0.25, 0.3) is 0 Å². The van der Waals surface area contributed by atoms with Gasteiger partial charge in [0.25, 0.3) is 7.44 Å². The van der Waals surface area contributed by atoms with E-state index in [0.29, 0.717) is 13.1 Å². The van der Waals surface area contributed by atoms with Gasteiger partial charge in [0, 0.05) is 30.9 Å². The lowest BCUT2D eigenvalue weighted by atomic mass is 10.1. The van der Waals surface area contributed by atoms with Gasteiger partial charge in [-0.25, -0.2) is 0 Å². The molecule has 6 heteroatoms. The average Bonchev–Trinajstić information content (AvgIpc) is 3.16. The molecule has 1 heterocycles. The normalized spacial score (nSPS) is 19.3. The fourth-order valence-electron chi connectivity index (χ4n) is 4.24. The van der Waals surface area contributed by atoms with E-state index in [1.165, 1.54) is 0 Å². The summed E-state index contributed by atoms with van der Waals surface area (Å²) in [5.41, 5.74) is 3.41. The number of benzene rings is 3. The Morgan fingerprint density at radius 1 is 0.903 bits per heavy atom. The van der Waals surface area contributed by atoms with Crippen LogP contribution in [-0.2, 0) is 9.36 Å². The molecule has 4 rings (SSSR count). The summed E-state index contributed by atoms with van der Waals surface area (Å²) in [7, 11) is -1.60. The fourth-order valence-corrected chi connectivity index (χ4v) is 7.77. The van der Waals surface area contributed by atoms with Gasteiger partial charge in [-0.15, -0.1) is 0 Å². The van der Waals surface area contributed by atoms with Gasteiger partial charge in [0.15, 0.2) is 0 Å². The predicted molar refractivity (Wildman–Crippen MR) is 126 cm³/mol. The number of aldehydes is 1. The van der Waals surface area contributed by atoms with Crippen LogP contribution in [0.15, 0.2) is 78.9 Å². The van der Waals surface area contributed by atoms with E-state index in [9.17, 15) is 4.79 Å². The predicted octanol–water partition coefficient (Wildman–Crippen LogP) is 5.85. The summed E-state index contributed by atoms with van der Waals surface area (Å²) in [6, 6.07) is 25.5. The number of carbonyl (C=O) groups excluding carboxylic acids is 1. The largest absolute Gasteiger partial charge is 0.497 e. The summed E-state index contributed by atoms with van der Waals surface area (Å²) < 4.78 is 24.4. The van der Waals surface area contributed by atoms with E-state index >= 15 is 4.57 Å². The molecule has 1 fully saturated rings. The highest BCUT2D eigenvalue weighted by atomic mass is 31.2. The van der Waals surface area contributed by atoms with E-state index in [1.54, 1.807) is 7.11 Å². The first-order chi connectivity index (χ1) is 15.1. The standard InChI is InChI=1S/C25H27N2O3P/c1-20-8-10-22(11-9-20)26-17-18-27(23-12-14-24(30-2)15-13-23)31(26,29)25(16-19-28)21-6-4-3-5-7-21/h3-15,19,25H,16-18H2,1-2H3. The molecule has 160 valence electrons. The fraction of sp³-hybridized carbons (Fsp3) is 0.240. The van der Waals surface area contributed by atoms with E-state index in [0.717, 1.165) is 34.5 Å². The minimum Gasteiger partial charge on any atom is -0.497 e. The molecule has 0 amide bonds. The molecule has 2 unspecified atom stereocenters. The Morgan fingerprint density at radius 3 is 1.97 bits per heavy atom. The van der Waals surface area contributed by atoms with Crippen molar-refractivity contribution >= 4 is 25.1 Å². The van der Waals surface area contributed by atoms with Crippen molar-refractivity contribution in [3.05, 3.63) is 90.0 Å². The molecule has 0 N–H and O–H groups in total. The van der Waals surface area contributed by atoms with Gasteiger partial charge in [0.05, 0.1) is 12.8 Å². The summed E-state index contributed by atoms with van der Waals surface area (Å²) >= 11 is 0. The van der Waals surface area contributed by atoms with Crippen LogP contribution in [0.1, 0.15) is 23.2 Å². The monoisotopic (exact) mass is 434 g/mol. The zero-order valence-electron chi connectivity index (χ0n) is 17.8. The summed E-state index contributed by atoms with van der Waals surface area (Å²) in [6.45, 7) is 3.27. The van der Waals surface area contributed by atoms with Crippen LogP contribution >= 0.6 is 7.44 Å². The number of methoxy groups -OCH3 is 1. The maximum absolute atomic E-state index is 15.1. The summed E-state index contributed by atoms with van der Waals surface area (Å²) in [4.78, 5) is 11.7. The Balaban J connectivity index is 1.85. The second kappa shape index (κ2) is 8.99. The Hall–Kier alpha value is -3.04. The number of nitrogens with zero attached hydrogens (tertiary/aromatic N) is 2. The van der Waals surface area contributed by atoms with Gasteiger partial charge in [-0.05, 0) is 48.9 Å². The third kappa shape index (κ3) is 3.98. The van der Waals surface area contributed by atoms with Gasteiger partial charge in [-0.1, -0.05) is 48.0 Å². The Bertz CT molecular complexity index is 1070. The van der Waals surface area contributed by atoms with Crippen molar-refractivity contribution in [3.63, 3.8) is 0 Å². The molecule has 0 bridgehead atoms. The Labute approximate surface area is 183 Å². The van der Waals surface area contributed by atoms with Crippen LogP contribution in [0.2, 0.25) is 0 Å². The number of rotatable bonds is 7. The third-order valence-electron chi connectivity index (χ3n) is 5.83. The highest BCUT2D eigenvalue weighted by Gasteiger charge is 2.49. The second-order valence-corrected chi connectivity index (χ2v) is 10.5. The first-order valence-corrected chi connectivity index (χ1v) is 12.1. The third-order valence-corrected chi connectivity index (χ3v) is 9.39.